The van der Waals surface area contributed by atoms with Crippen molar-refractivity contribution in [3.05, 3.63) is 68.2 Å². The van der Waals surface area contributed by atoms with Gasteiger partial charge in [-0.05, 0) is 40.0 Å². The number of nitrogens with one attached hydrogen (secondary N) is 1. The standard InChI is InChI=1S/C21H23BrN4O4/c1-15-4-2-3-5-16(15)12-21(28)25-10-8-24(9-11-25)14-20(27)23-19-7-6-17(26(29)30)13-18(19)22/h2-7,13H,8-12,14H2,1H3,(H,23,27). The Labute approximate surface area is 183 Å². The summed E-state index contributed by atoms with van der Waals surface area (Å²) < 4.78 is 0.455. The summed E-state index contributed by atoms with van der Waals surface area (Å²) in [6, 6.07) is 12.1. The molecule has 0 bridgehead atoms. The van der Waals surface area contributed by atoms with Gasteiger partial charge in [0.15, 0.2) is 0 Å². The molecule has 1 fully saturated rings. The van der Waals surface area contributed by atoms with Crippen molar-refractivity contribution in [1.82, 2.24) is 9.80 Å². The highest BCUT2D eigenvalue weighted by molar-refractivity contribution is 9.10. The van der Waals surface area contributed by atoms with Crippen molar-refractivity contribution in [3.63, 3.8) is 0 Å². The second kappa shape index (κ2) is 9.82. The number of carbonyl (C=O) groups excluding carboxylic acids is 2. The van der Waals surface area contributed by atoms with E-state index in [-0.39, 0.29) is 24.0 Å². The zero-order chi connectivity index (χ0) is 21.7. The van der Waals surface area contributed by atoms with Gasteiger partial charge in [0, 0.05) is 42.8 Å². The monoisotopic (exact) mass is 474 g/mol. The lowest BCUT2D eigenvalue weighted by Crippen LogP contribution is -2.50. The number of nitro benzene ring substituents is 1. The van der Waals surface area contributed by atoms with Crippen molar-refractivity contribution in [2.75, 3.05) is 38.0 Å². The number of halogens is 1. The number of non-ortho nitro benzene ring substituents is 1. The molecule has 0 saturated carbocycles. The molecule has 0 radical (unpaired) electrons. The van der Waals surface area contributed by atoms with Crippen LogP contribution in [0.2, 0.25) is 0 Å². The largest absolute Gasteiger partial charge is 0.340 e. The van der Waals surface area contributed by atoms with Crippen molar-refractivity contribution in [2.24, 2.45) is 0 Å². The van der Waals surface area contributed by atoms with Crippen LogP contribution < -0.4 is 5.32 Å². The van der Waals surface area contributed by atoms with Crippen molar-refractivity contribution < 1.29 is 14.5 Å². The first kappa shape index (κ1) is 21.9. The summed E-state index contributed by atoms with van der Waals surface area (Å²) in [5, 5.41) is 13.6. The summed E-state index contributed by atoms with van der Waals surface area (Å²) in [7, 11) is 0. The highest BCUT2D eigenvalue weighted by atomic mass is 79.9. The van der Waals surface area contributed by atoms with Gasteiger partial charge in [-0.1, -0.05) is 24.3 Å². The molecule has 0 atom stereocenters. The van der Waals surface area contributed by atoms with Crippen LogP contribution in [0.1, 0.15) is 11.1 Å². The van der Waals surface area contributed by atoms with Gasteiger partial charge in [-0.25, -0.2) is 0 Å². The number of piperazine rings is 1. The highest BCUT2D eigenvalue weighted by Gasteiger charge is 2.23. The second-order valence-corrected chi connectivity index (χ2v) is 8.08. The van der Waals surface area contributed by atoms with Gasteiger partial charge < -0.3 is 10.2 Å². The number of aryl methyl sites for hydroxylation is 1. The summed E-state index contributed by atoms with van der Waals surface area (Å²) in [6.07, 6.45) is 0.390. The van der Waals surface area contributed by atoms with E-state index in [9.17, 15) is 19.7 Å². The Morgan fingerprint density at radius 2 is 1.83 bits per heavy atom. The minimum atomic E-state index is -0.490. The smallest absolute Gasteiger partial charge is 0.270 e. The van der Waals surface area contributed by atoms with Crippen LogP contribution in [0.15, 0.2) is 46.9 Å². The lowest BCUT2D eigenvalue weighted by atomic mass is 10.1. The topological polar surface area (TPSA) is 95.8 Å². The molecule has 0 spiro atoms. The van der Waals surface area contributed by atoms with E-state index in [2.05, 4.69) is 21.2 Å². The van der Waals surface area contributed by atoms with Gasteiger partial charge in [-0.15, -0.1) is 0 Å². The predicted molar refractivity (Wildman–Crippen MR) is 117 cm³/mol. The van der Waals surface area contributed by atoms with Gasteiger partial charge in [0.05, 0.1) is 23.6 Å². The number of benzene rings is 2. The van der Waals surface area contributed by atoms with Gasteiger partial charge in [0.25, 0.3) is 5.69 Å². The first-order valence-corrected chi connectivity index (χ1v) is 10.4. The molecule has 8 nitrogen and oxygen atoms in total. The molecule has 0 aliphatic carbocycles. The van der Waals surface area contributed by atoms with Gasteiger partial charge >= 0.3 is 0 Å². The van der Waals surface area contributed by atoms with E-state index in [0.29, 0.717) is 42.8 Å². The number of hydrogen-bond donors (Lipinski definition) is 1. The Balaban J connectivity index is 1.47. The molecule has 1 heterocycles. The van der Waals surface area contributed by atoms with Gasteiger partial charge in [0.1, 0.15) is 0 Å². The Morgan fingerprint density at radius 3 is 2.47 bits per heavy atom. The SMILES string of the molecule is Cc1ccccc1CC(=O)N1CCN(CC(=O)Nc2ccc([N+](=O)[O-])cc2Br)CC1. The van der Waals surface area contributed by atoms with Crippen LogP contribution in [0.5, 0.6) is 0 Å². The molecule has 1 saturated heterocycles. The molecule has 1 N–H and O–H groups in total. The number of amides is 2. The fourth-order valence-corrected chi connectivity index (χ4v) is 3.82. The molecule has 2 aromatic carbocycles. The molecule has 30 heavy (non-hydrogen) atoms. The van der Waals surface area contributed by atoms with Gasteiger partial charge in [-0.2, -0.15) is 0 Å². The molecule has 2 aromatic rings. The molecular weight excluding hydrogens is 452 g/mol. The first-order valence-electron chi connectivity index (χ1n) is 9.62. The second-order valence-electron chi connectivity index (χ2n) is 7.23. The van der Waals surface area contributed by atoms with E-state index in [1.165, 1.54) is 18.2 Å². The Kier molecular flexibility index (Phi) is 7.17. The molecule has 3 rings (SSSR count). The van der Waals surface area contributed by atoms with E-state index in [1.807, 2.05) is 41.0 Å². The number of rotatable bonds is 6. The van der Waals surface area contributed by atoms with Crippen LogP contribution in [0.25, 0.3) is 0 Å². The summed E-state index contributed by atoms with van der Waals surface area (Å²) in [5.74, 6) is -0.104. The normalized spacial score (nSPS) is 14.4. The third kappa shape index (κ3) is 5.64. The van der Waals surface area contributed by atoms with Crippen molar-refractivity contribution >= 4 is 39.1 Å². The molecule has 0 aromatic heterocycles. The molecule has 2 amide bonds. The Morgan fingerprint density at radius 1 is 1.13 bits per heavy atom. The number of carbonyl (C=O) groups is 2. The summed E-state index contributed by atoms with van der Waals surface area (Å²) in [6.45, 7) is 4.60. The molecule has 9 heteroatoms. The van der Waals surface area contributed by atoms with E-state index >= 15 is 0 Å². The average molecular weight is 475 g/mol. The summed E-state index contributed by atoms with van der Waals surface area (Å²) >= 11 is 3.25. The number of nitrogens with zero attached hydrogens (tertiary/aromatic N) is 3. The molecule has 158 valence electrons. The number of nitro groups is 1. The molecule has 1 aliphatic heterocycles. The molecule has 0 unspecified atom stereocenters. The summed E-state index contributed by atoms with van der Waals surface area (Å²) in [4.78, 5) is 39.1. The van der Waals surface area contributed by atoms with Crippen molar-refractivity contribution in [2.45, 2.75) is 13.3 Å². The van der Waals surface area contributed by atoms with E-state index in [4.69, 9.17) is 0 Å². The van der Waals surface area contributed by atoms with Crippen LogP contribution in [0.4, 0.5) is 11.4 Å². The minimum absolute atomic E-state index is 0.0497. The first-order chi connectivity index (χ1) is 14.3. The lowest BCUT2D eigenvalue weighted by molar-refractivity contribution is -0.384. The van der Waals surface area contributed by atoms with Crippen LogP contribution >= 0.6 is 15.9 Å². The zero-order valence-electron chi connectivity index (χ0n) is 16.6. The third-order valence-electron chi connectivity index (χ3n) is 5.13. The predicted octanol–water partition coefficient (Wildman–Crippen LogP) is 2.99. The van der Waals surface area contributed by atoms with Crippen LogP contribution in [0.3, 0.4) is 0 Å². The lowest BCUT2D eigenvalue weighted by Gasteiger charge is -2.34. The van der Waals surface area contributed by atoms with Crippen molar-refractivity contribution in [1.29, 1.82) is 0 Å². The van der Waals surface area contributed by atoms with Crippen LogP contribution in [0, 0.1) is 17.0 Å². The maximum atomic E-state index is 12.6. The number of hydrogen-bond acceptors (Lipinski definition) is 5. The average Bonchev–Trinajstić information content (AvgIpc) is 2.71. The maximum Gasteiger partial charge on any atom is 0.270 e. The van der Waals surface area contributed by atoms with Gasteiger partial charge in [0.2, 0.25) is 11.8 Å². The number of anilines is 1. The summed E-state index contributed by atoms with van der Waals surface area (Å²) in [5.41, 5.74) is 2.58. The minimum Gasteiger partial charge on any atom is -0.340 e. The zero-order valence-corrected chi connectivity index (χ0v) is 18.2. The fourth-order valence-electron chi connectivity index (χ4n) is 3.35. The van der Waals surface area contributed by atoms with E-state index < -0.39 is 4.92 Å². The Hall–Kier alpha value is -2.78. The van der Waals surface area contributed by atoms with Crippen molar-refractivity contribution in [3.8, 4) is 0 Å². The van der Waals surface area contributed by atoms with E-state index in [0.717, 1.165) is 11.1 Å². The van der Waals surface area contributed by atoms with Gasteiger partial charge in [-0.3, -0.25) is 24.6 Å². The van der Waals surface area contributed by atoms with E-state index in [1.54, 1.807) is 0 Å². The van der Waals surface area contributed by atoms with Crippen LogP contribution in [-0.2, 0) is 16.0 Å². The molecule has 1 aliphatic rings. The fraction of sp³-hybridized carbons (Fsp3) is 0.333. The van der Waals surface area contributed by atoms with Crippen LogP contribution in [-0.4, -0.2) is 59.3 Å². The quantitative estimate of drug-likeness (QED) is 0.512. The third-order valence-corrected chi connectivity index (χ3v) is 5.79. The highest BCUT2D eigenvalue weighted by Crippen LogP contribution is 2.27. The molecular formula is C21H23BrN4O4. The maximum absolute atomic E-state index is 12.6. The Bertz CT molecular complexity index is 958.